The lowest BCUT2D eigenvalue weighted by Gasteiger charge is -2.32. The maximum atomic E-state index is 12.3. The molecule has 1 fully saturated rings. The van der Waals surface area contributed by atoms with Crippen LogP contribution >= 0.6 is 0 Å². The van der Waals surface area contributed by atoms with Gasteiger partial charge in [0.05, 0.1) is 19.1 Å². The van der Waals surface area contributed by atoms with E-state index in [0.717, 1.165) is 17.7 Å². The minimum absolute atomic E-state index is 0.0880. The quantitative estimate of drug-likeness (QED) is 0.889. The van der Waals surface area contributed by atoms with Crippen LogP contribution in [0.1, 0.15) is 18.9 Å². The topological polar surface area (TPSA) is 78.9 Å². The first kappa shape index (κ1) is 15.3. The van der Waals surface area contributed by atoms with Crippen molar-refractivity contribution in [1.82, 2.24) is 4.90 Å². The third-order valence-electron chi connectivity index (χ3n) is 3.47. The Balaban J connectivity index is 1.98. The molecule has 0 bridgehead atoms. The minimum Gasteiger partial charge on any atom is -0.481 e. The zero-order valence-electron chi connectivity index (χ0n) is 12.0. The average molecular weight is 292 g/mol. The van der Waals surface area contributed by atoms with E-state index in [9.17, 15) is 9.59 Å². The number of carboxylic acids is 1. The number of para-hydroxylation sites is 1. The van der Waals surface area contributed by atoms with Crippen LogP contribution < -0.4 is 5.32 Å². The van der Waals surface area contributed by atoms with Crippen LogP contribution in [0.2, 0.25) is 0 Å². The highest BCUT2D eigenvalue weighted by atomic mass is 16.5. The number of carboxylic acid groups (broad SMARTS) is 1. The number of rotatable bonds is 4. The number of morpholine rings is 1. The van der Waals surface area contributed by atoms with Crippen LogP contribution in [0.15, 0.2) is 24.3 Å². The molecule has 0 saturated carbocycles. The number of benzene rings is 1. The van der Waals surface area contributed by atoms with Crippen LogP contribution in [0.25, 0.3) is 0 Å². The largest absolute Gasteiger partial charge is 0.481 e. The lowest BCUT2D eigenvalue weighted by molar-refractivity contribution is -0.141. The van der Waals surface area contributed by atoms with Crippen LogP contribution in [0.3, 0.4) is 0 Å². The van der Waals surface area contributed by atoms with Crippen molar-refractivity contribution in [3.05, 3.63) is 29.8 Å². The van der Waals surface area contributed by atoms with E-state index >= 15 is 0 Å². The molecule has 2 amide bonds. The molecule has 0 radical (unpaired) electrons. The van der Waals surface area contributed by atoms with Crippen molar-refractivity contribution in [2.45, 2.75) is 25.9 Å². The number of nitrogens with zero attached hydrogens (tertiary/aromatic N) is 1. The number of urea groups is 1. The number of aliphatic carboxylic acids is 1. The van der Waals surface area contributed by atoms with E-state index in [4.69, 9.17) is 9.84 Å². The molecule has 1 heterocycles. The van der Waals surface area contributed by atoms with Gasteiger partial charge in [0.25, 0.3) is 0 Å². The summed E-state index contributed by atoms with van der Waals surface area (Å²) in [7, 11) is 0. The van der Waals surface area contributed by atoms with Gasteiger partial charge >= 0.3 is 12.0 Å². The molecular formula is C15H20N2O4. The molecule has 21 heavy (non-hydrogen) atoms. The Labute approximate surface area is 123 Å². The van der Waals surface area contributed by atoms with Crippen LogP contribution in [-0.4, -0.2) is 47.8 Å². The van der Waals surface area contributed by atoms with E-state index in [0.29, 0.717) is 19.7 Å². The van der Waals surface area contributed by atoms with Crippen molar-refractivity contribution in [1.29, 1.82) is 0 Å². The van der Waals surface area contributed by atoms with Gasteiger partial charge in [-0.1, -0.05) is 25.1 Å². The predicted octanol–water partition coefficient (Wildman–Crippen LogP) is 1.96. The standard InChI is InChI=1S/C15H20N2O4/c1-2-11-5-3-4-6-13(11)16-15(20)17-7-8-21-12(10-17)9-14(18)19/h3-6,12H,2,7-10H2,1H3,(H,16,20)(H,18,19). The predicted molar refractivity (Wildman–Crippen MR) is 78.4 cm³/mol. The average Bonchev–Trinajstić information content (AvgIpc) is 2.47. The first-order valence-corrected chi connectivity index (χ1v) is 7.07. The summed E-state index contributed by atoms with van der Waals surface area (Å²) in [4.78, 5) is 24.6. The number of hydrogen-bond donors (Lipinski definition) is 2. The first-order chi connectivity index (χ1) is 10.1. The normalized spacial score (nSPS) is 18.3. The molecule has 114 valence electrons. The van der Waals surface area contributed by atoms with E-state index in [1.54, 1.807) is 4.90 Å². The Morgan fingerprint density at radius 3 is 2.90 bits per heavy atom. The van der Waals surface area contributed by atoms with Crippen molar-refractivity contribution < 1.29 is 19.4 Å². The Hall–Kier alpha value is -2.08. The van der Waals surface area contributed by atoms with Gasteiger partial charge in [0.15, 0.2) is 0 Å². The summed E-state index contributed by atoms with van der Waals surface area (Å²) >= 11 is 0. The molecule has 2 N–H and O–H groups in total. The summed E-state index contributed by atoms with van der Waals surface area (Å²) in [5, 5.41) is 11.7. The molecule has 1 atom stereocenters. The van der Waals surface area contributed by atoms with E-state index in [1.807, 2.05) is 31.2 Å². The van der Waals surface area contributed by atoms with Gasteiger partial charge in [-0.15, -0.1) is 0 Å². The number of nitrogens with one attached hydrogen (secondary N) is 1. The lowest BCUT2D eigenvalue weighted by Crippen LogP contribution is -2.48. The molecule has 2 rings (SSSR count). The van der Waals surface area contributed by atoms with E-state index in [2.05, 4.69) is 5.32 Å². The Kier molecular flexibility index (Phi) is 5.16. The molecule has 0 aliphatic carbocycles. The summed E-state index contributed by atoms with van der Waals surface area (Å²) < 4.78 is 5.36. The molecule has 1 saturated heterocycles. The Morgan fingerprint density at radius 1 is 1.43 bits per heavy atom. The molecule has 6 nitrogen and oxygen atoms in total. The Bertz CT molecular complexity index is 518. The molecule has 1 aromatic carbocycles. The highest BCUT2D eigenvalue weighted by Crippen LogP contribution is 2.17. The van der Waals surface area contributed by atoms with Gasteiger partial charge in [-0.05, 0) is 18.1 Å². The van der Waals surface area contributed by atoms with Crippen LogP contribution in [0, 0.1) is 0 Å². The van der Waals surface area contributed by atoms with Crippen LogP contribution in [0.5, 0.6) is 0 Å². The summed E-state index contributed by atoms with van der Waals surface area (Å²) in [6.45, 7) is 3.16. The Morgan fingerprint density at radius 2 is 2.19 bits per heavy atom. The van der Waals surface area contributed by atoms with Crippen molar-refractivity contribution in [3.8, 4) is 0 Å². The summed E-state index contributed by atoms with van der Waals surface area (Å²) in [5.74, 6) is -0.918. The van der Waals surface area contributed by atoms with Crippen molar-refractivity contribution in [2.75, 3.05) is 25.0 Å². The number of carbonyl (C=O) groups excluding carboxylic acids is 1. The number of amides is 2. The zero-order valence-corrected chi connectivity index (χ0v) is 12.0. The second-order valence-corrected chi connectivity index (χ2v) is 4.98. The minimum atomic E-state index is -0.918. The SMILES string of the molecule is CCc1ccccc1NC(=O)N1CCOC(CC(=O)O)C1. The fourth-order valence-corrected chi connectivity index (χ4v) is 2.37. The second-order valence-electron chi connectivity index (χ2n) is 4.98. The molecule has 0 spiro atoms. The van der Waals surface area contributed by atoms with Crippen molar-refractivity contribution >= 4 is 17.7 Å². The van der Waals surface area contributed by atoms with E-state index < -0.39 is 12.1 Å². The maximum Gasteiger partial charge on any atom is 0.322 e. The van der Waals surface area contributed by atoms with Gasteiger partial charge in [0.2, 0.25) is 0 Å². The second kappa shape index (κ2) is 7.08. The molecule has 1 aliphatic rings. The summed E-state index contributed by atoms with van der Waals surface area (Å²) in [6.07, 6.45) is 0.305. The van der Waals surface area contributed by atoms with Gasteiger partial charge < -0.3 is 20.1 Å². The molecular weight excluding hydrogens is 272 g/mol. The zero-order chi connectivity index (χ0) is 15.2. The molecule has 0 aromatic heterocycles. The highest BCUT2D eigenvalue weighted by molar-refractivity contribution is 5.90. The number of aryl methyl sites for hydroxylation is 1. The molecule has 1 aliphatic heterocycles. The third-order valence-corrected chi connectivity index (χ3v) is 3.47. The number of anilines is 1. The maximum absolute atomic E-state index is 12.3. The summed E-state index contributed by atoms with van der Waals surface area (Å²) in [5.41, 5.74) is 1.87. The first-order valence-electron chi connectivity index (χ1n) is 7.07. The van der Waals surface area contributed by atoms with E-state index in [1.165, 1.54) is 0 Å². The number of carbonyl (C=O) groups is 2. The highest BCUT2D eigenvalue weighted by Gasteiger charge is 2.26. The van der Waals surface area contributed by atoms with Gasteiger partial charge in [-0.25, -0.2) is 4.79 Å². The smallest absolute Gasteiger partial charge is 0.322 e. The number of ether oxygens (including phenoxy) is 1. The fourth-order valence-electron chi connectivity index (χ4n) is 2.37. The number of hydrogen-bond acceptors (Lipinski definition) is 3. The molecule has 1 aromatic rings. The lowest BCUT2D eigenvalue weighted by atomic mass is 10.1. The molecule has 1 unspecified atom stereocenters. The summed E-state index contributed by atoms with van der Waals surface area (Å²) in [6, 6.07) is 7.44. The van der Waals surface area contributed by atoms with Gasteiger partial charge in [-0.3, -0.25) is 4.79 Å². The fraction of sp³-hybridized carbons (Fsp3) is 0.467. The van der Waals surface area contributed by atoms with Crippen molar-refractivity contribution in [3.63, 3.8) is 0 Å². The van der Waals surface area contributed by atoms with Crippen molar-refractivity contribution in [2.24, 2.45) is 0 Å². The van der Waals surface area contributed by atoms with Gasteiger partial charge in [0.1, 0.15) is 0 Å². The van der Waals surface area contributed by atoms with Crippen LogP contribution in [-0.2, 0) is 16.0 Å². The van der Waals surface area contributed by atoms with Gasteiger partial charge in [-0.2, -0.15) is 0 Å². The third kappa shape index (κ3) is 4.19. The van der Waals surface area contributed by atoms with Crippen LogP contribution in [0.4, 0.5) is 10.5 Å². The monoisotopic (exact) mass is 292 g/mol. The van der Waals surface area contributed by atoms with E-state index in [-0.39, 0.29) is 12.5 Å². The van der Waals surface area contributed by atoms with Gasteiger partial charge in [0, 0.05) is 18.8 Å². The molecule has 6 heteroatoms.